The summed E-state index contributed by atoms with van der Waals surface area (Å²) >= 11 is 0. The highest BCUT2D eigenvalue weighted by Crippen LogP contribution is 2.29. The highest BCUT2D eigenvalue weighted by molar-refractivity contribution is 5.97. The van der Waals surface area contributed by atoms with Crippen molar-refractivity contribution in [1.82, 2.24) is 0 Å². The zero-order valence-corrected chi connectivity index (χ0v) is 39.9. The Bertz CT molecular complexity index is 1970. The second kappa shape index (κ2) is 29.3. The van der Waals surface area contributed by atoms with Crippen molar-refractivity contribution in [3.63, 3.8) is 0 Å². The van der Waals surface area contributed by atoms with Gasteiger partial charge >= 0.3 is 35.8 Å². The SMILES string of the molecule is COC(=O)c1cc(OCCCCCOc2cc(OCCCCCOc3cc(C(=O)OC)cc(C(=O)OC)c3)cc(OCCCCCOc3cc(C(=O)OC)cc(C(=O)OC)c3)c2)cc(C(=O)OC)c1. The number of rotatable bonds is 30. The Labute approximate surface area is 401 Å². The van der Waals surface area contributed by atoms with E-state index in [4.69, 9.17) is 56.8 Å². The number of esters is 6. The molecule has 0 saturated heterocycles. The fourth-order valence-corrected chi connectivity index (χ4v) is 6.54. The molecule has 0 fully saturated rings. The van der Waals surface area contributed by atoms with Gasteiger partial charge < -0.3 is 56.8 Å². The summed E-state index contributed by atoms with van der Waals surface area (Å²) in [6, 6.07) is 18.7. The van der Waals surface area contributed by atoms with Gasteiger partial charge in [0.15, 0.2) is 0 Å². The van der Waals surface area contributed by atoms with E-state index in [1.807, 2.05) is 0 Å². The Morgan fingerprint density at radius 3 is 0.565 bits per heavy atom. The van der Waals surface area contributed by atoms with Crippen LogP contribution in [0, 0.1) is 0 Å². The fraction of sp³-hybridized carbons (Fsp3) is 0.412. The largest absolute Gasteiger partial charge is 0.494 e. The van der Waals surface area contributed by atoms with Crippen LogP contribution in [-0.4, -0.2) is 118 Å². The van der Waals surface area contributed by atoms with Gasteiger partial charge in [-0.1, -0.05) is 0 Å². The molecule has 0 aliphatic carbocycles. The highest BCUT2D eigenvalue weighted by Gasteiger charge is 2.17. The number of unbranched alkanes of at least 4 members (excludes halogenated alkanes) is 6. The van der Waals surface area contributed by atoms with Crippen molar-refractivity contribution in [3.05, 3.63) is 106 Å². The average molecular weight is 961 g/mol. The van der Waals surface area contributed by atoms with Crippen molar-refractivity contribution in [3.8, 4) is 34.5 Å². The first-order valence-electron chi connectivity index (χ1n) is 22.3. The van der Waals surface area contributed by atoms with E-state index in [0.29, 0.717) is 113 Å². The topological polar surface area (TPSA) is 213 Å². The van der Waals surface area contributed by atoms with Gasteiger partial charge in [-0.15, -0.1) is 0 Å². The Hall–Kier alpha value is -7.50. The van der Waals surface area contributed by atoms with Crippen LogP contribution in [-0.2, 0) is 28.4 Å². The summed E-state index contributed by atoms with van der Waals surface area (Å²) in [5, 5.41) is 0. The number of methoxy groups -OCH3 is 6. The summed E-state index contributed by atoms with van der Waals surface area (Å²) in [5.41, 5.74) is 1.03. The molecule has 4 rings (SSSR count). The molecule has 0 amide bonds. The molecule has 0 radical (unpaired) electrons. The maximum absolute atomic E-state index is 12.1. The molecule has 0 aromatic heterocycles. The third kappa shape index (κ3) is 18.3. The van der Waals surface area contributed by atoms with Crippen LogP contribution < -0.4 is 28.4 Å². The van der Waals surface area contributed by atoms with Gasteiger partial charge in [-0.3, -0.25) is 0 Å². The molecule has 18 nitrogen and oxygen atoms in total. The normalized spacial score (nSPS) is 10.5. The molecule has 4 aromatic carbocycles. The van der Waals surface area contributed by atoms with Gasteiger partial charge in [0.25, 0.3) is 0 Å². The van der Waals surface area contributed by atoms with Crippen LogP contribution in [0.3, 0.4) is 0 Å². The van der Waals surface area contributed by atoms with Crippen LogP contribution in [0.1, 0.15) is 120 Å². The van der Waals surface area contributed by atoms with Crippen LogP contribution in [0.4, 0.5) is 0 Å². The Morgan fingerprint density at radius 2 is 0.406 bits per heavy atom. The van der Waals surface area contributed by atoms with Crippen molar-refractivity contribution < 1.29 is 85.6 Å². The second-order valence-electron chi connectivity index (χ2n) is 15.1. The lowest BCUT2D eigenvalue weighted by Gasteiger charge is -2.14. The Balaban J connectivity index is 1.28. The lowest BCUT2D eigenvalue weighted by Crippen LogP contribution is -2.08. The van der Waals surface area contributed by atoms with Gasteiger partial charge in [-0.25, -0.2) is 28.8 Å². The van der Waals surface area contributed by atoms with Crippen LogP contribution in [0.25, 0.3) is 0 Å². The number of hydrogen-bond donors (Lipinski definition) is 0. The molecule has 0 aliphatic rings. The summed E-state index contributed by atoms with van der Waals surface area (Å²) < 4.78 is 64.7. The van der Waals surface area contributed by atoms with Crippen LogP contribution in [0.15, 0.2) is 72.8 Å². The molecule has 372 valence electrons. The summed E-state index contributed by atoms with van der Waals surface area (Å²) in [6.07, 6.45) is 6.44. The molecule has 0 aliphatic heterocycles. The molecule has 18 heteroatoms. The van der Waals surface area contributed by atoms with Gasteiger partial charge in [0, 0.05) is 18.2 Å². The quantitative estimate of drug-likeness (QED) is 0.0273. The van der Waals surface area contributed by atoms with E-state index in [1.165, 1.54) is 97.3 Å². The zero-order valence-electron chi connectivity index (χ0n) is 39.9. The number of ether oxygens (including phenoxy) is 12. The molecule has 0 saturated carbocycles. The molecule has 0 heterocycles. The minimum Gasteiger partial charge on any atom is -0.494 e. The van der Waals surface area contributed by atoms with Crippen LogP contribution in [0.5, 0.6) is 34.5 Å². The smallest absolute Gasteiger partial charge is 0.338 e. The molecular weight excluding hydrogens is 901 g/mol. The van der Waals surface area contributed by atoms with Gasteiger partial charge in [-0.05, 0) is 112 Å². The average Bonchev–Trinajstić information content (AvgIpc) is 3.38. The third-order valence-corrected chi connectivity index (χ3v) is 10.1. The maximum atomic E-state index is 12.1. The monoisotopic (exact) mass is 960 g/mol. The van der Waals surface area contributed by atoms with E-state index >= 15 is 0 Å². The lowest BCUT2D eigenvalue weighted by molar-refractivity contribution is 0.0580. The minimum atomic E-state index is -0.602. The van der Waals surface area contributed by atoms with E-state index in [1.54, 1.807) is 18.2 Å². The van der Waals surface area contributed by atoms with Gasteiger partial charge in [0.05, 0.1) is 116 Å². The van der Waals surface area contributed by atoms with E-state index in [-0.39, 0.29) is 33.4 Å². The molecule has 0 spiro atoms. The lowest BCUT2D eigenvalue weighted by atomic mass is 10.1. The molecule has 0 atom stereocenters. The van der Waals surface area contributed by atoms with Gasteiger partial charge in [-0.2, -0.15) is 0 Å². The van der Waals surface area contributed by atoms with Gasteiger partial charge in [0.2, 0.25) is 0 Å². The number of carbonyl (C=O) groups is 6. The van der Waals surface area contributed by atoms with Crippen LogP contribution in [0.2, 0.25) is 0 Å². The molecule has 4 aromatic rings. The van der Waals surface area contributed by atoms with Crippen molar-refractivity contribution in [2.45, 2.75) is 57.8 Å². The summed E-state index contributed by atoms with van der Waals surface area (Å²) in [7, 11) is 7.52. The van der Waals surface area contributed by atoms with Crippen molar-refractivity contribution >= 4 is 35.8 Å². The first-order valence-corrected chi connectivity index (χ1v) is 22.3. The molecule has 69 heavy (non-hydrogen) atoms. The Morgan fingerprint density at radius 1 is 0.246 bits per heavy atom. The molecule has 0 unspecified atom stereocenters. The van der Waals surface area contributed by atoms with Crippen molar-refractivity contribution in [1.29, 1.82) is 0 Å². The minimum absolute atomic E-state index is 0.172. The summed E-state index contributed by atoms with van der Waals surface area (Å²) in [4.78, 5) is 72.8. The number of carbonyl (C=O) groups excluding carboxylic acids is 6. The second-order valence-corrected chi connectivity index (χ2v) is 15.1. The number of benzene rings is 4. The van der Waals surface area contributed by atoms with E-state index in [0.717, 1.165) is 19.3 Å². The van der Waals surface area contributed by atoms with E-state index in [9.17, 15) is 28.8 Å². The van der Waals surface area contributed by atoms with Crippen molar-refractivity contribution in [2.24, 2.45) is 0 Å². The van der Waals surface area contributed by atoms with Crippen molar-refractivity contribution in [2.75, 3.05) is 82.3 Å². The molecule has 0 bridgehead atoms. The molecule has 0 N–H and O–H groups in total. The third-order valence-electron chi connectivity index (χ3n) is 10.1. The van der Waals surface area contributed by atoms with E-state index < -0.39 is 35.8 Å². The predicted molar refractivity (Wildman–Crippen MR) is 248 cm³/mol. The standard InChI is InChI=1S/C51H60O18/c1-58-46(52)34-22-35(47(53)59-2)26-40(25-34)64-16-10-7-13-19-67-43-31-44(68-20-14-8-11-17-65-41-27-36(48(54)60-3)23-37(28-41)49(55)61-4)33-45(32-43)69-21-15-9-12-18-66-42-29-38(50(56)62-5)24-39(30-42)51(57)63-6/h22-33H,7-21H2,1-6H3. The maximum Gasteiger partial charge on any atom is 0.338 e. The first-order chi connectivity index (χ1) is 33.4. The first kappa shape index (κ1) is 54.1. The zero-order chi connectivity index (χ0) is 50.0. The fourth-order valence-electron chi connectivity index (χ4n) is 6.54. The number of hydrogen-bond acceptors (Lipinski definition) is 18. The molecular formula is C51H60O18. The van der Waals surface area contributed by atoms with Crippen LogP contribution >= 0.6 is 0 Å². The van der Waals surface area contributed by atoms with Gasteiger partial charge in [0.1, 0.15) is 34.5 Å². The van der Waals surface area contributed by atoms with E-state index in [2.05, 4.69) is 0 Å². The highest BCUT2D eigenvalue weighted by atomic mass is 16.5. The summed E-state index contributed by atoms with van der Waals surface area (Å²) in [5.74, 6) is -0.880. The summed E-state index contributed by atoms with van der Waals surface area (Å²) in [6.45, 7) is 2.22. The Kier molecular flexibility index (Phi) is 23.0. The predicted octanol–water partition coefficient (Wildman–Crippen LogP) is 8.29.